The number of hydrogen-bond donors (Lipinski definition) is 1. The molecule has 0 saturated heterocycles. The van der Waals surface area contributed by atoms with E-state index < -0.39 is 10.0 Å². The molecule has 1 aliphatic rings. The zero-order valence-corrected chi connectivity index (χ0v) is 17.5. The van der Waals surface area contributed by atoms with Gasteiger partial charge in [0, 0.05) is 24.2 Å². The van der Waals surface area contributed by atoms with Gasteiger partial charge in [-0.05, 0) is 31.2 Å². The van der Waals surface area contributed by atoms with Crippen molar-refractivity contribution in [2.45, 2.75) is 17.9 Å². The zero-order valence-electron chi connectivity index (χ0n) is 16.7. The molecule has 1 unspecified atom stereocenters. The summed E-state index contributed by atoms with van der Waals surface area (Å²) in [7, 11) is 1.02. The highest BCUT2D eigenvalue weighted by atomic mass is 32.2. The zero-order chi connectivity index (χ0) is 21.2. The fourth-order valence-corrected chi connectivity index (χ4v) is 4.45. The molecule has 0 radical (unpaired) electrons. The van der Waals surface area contributed by atoms with Crippen molar-refractivity contribution in [1.29, 1.82) is 0 Å². The summed E-state index contributed by atoms with van der Waals surface area (Å²) in [6.07, 6.45) is 0. The highest BCUT2D eigenvalue weighted by Crippen LogP contribution is 2.29. The molecule has 9 heteroatoms. The number of ether oxygens (including phenoxy) is 2. The Labute approximate surface area is 170 Å². The normalized spacial score (nSPS) is 15.1. The minimum Gasteiger partial charge on any atom is -0.497 e. The van der Waals surface area contributed by atoms with Gasteiger partial charge >= 0.3 is 0 Å². The second kappa shape index (κ2) is 8.12. The fourth-order valence-electron chi connectivity index (χ4n) is 3.20. The predicted molar refractivity (Wildman–Crippen MR) is 109 cm³/mol. The molecule has 0 aliphatic carbocycles. The standard InChI is InChI=1S/C20H23N3O5S/c1-13(15-10-9-14(27-3)11-17(15)28-4)21-19(24)12-23(2)20-16-7-5-6-8-18(16)29(25,26)22-20/h5-11,13H,12H2,1-4H3,(H,21,24). The van der Waals surface area contributed by atoms with E-state index in [-0.39, 0.29) is 29.2 Å². The van der Waals surface area contributed by atoms with Crippen LogP contribution >= 0.6 is 0 Å². The number of sulfonamides is 1. The number of carbonyl (C=O) groups excluding carboxylic acids is 1. The minimum absolute atomic E-state index is 0.0501. The smallest absolute Gasteiger partial charge is 0.285 e. The van der Waals surface area contributed by atoms with E-state index in [9.17, 15) is 13.2 Å². The Balaban J connectivity index is 1.72. The predicted octanol–water partition coefficient (Wildman–Crippen LogP) is 1.96. The van der Waals surface area contributed by atoms with E-state index in [4.69, 9.17) is 9.47 Å². The molecular weight excluding hydrogens is 394 g/mol. The molecule has 8 nitrogen and oxygen atoms in total. The Hall–Kier alpha value is -3.07. The van der Waals surface area contributed by atoms with Crippen molar-refractivity contribution < 1.29 is 22.7 Å². The molecule has 0 fully saturated rings. The lowest BCUT2D eigenvalue weighted by Crippen LogP contribution is -2.39. The van der Waals surface area contributed by atoms with Crippen LogP contribution in [0.15, 0.2) is 51.8 Å². The van der Waals surface area contributed by atoms with Crippen molar-refractivity contribution in [2.24, 2.45) is 4.40 Å². The molecule has 2 aromatic carbocycles. The van der Waals surface area contributed by atoms with E-state index in [1.165, 1.54) is 11.0 Å². The Morgan fingerprint density at radius 2 is 1.90 bits per heavy atom. The first kappa shape index (κ1) is 20.7. The molecule has 1 N–H and O–H groups in total. The molecule has 1 heterocycles. The van der Waals surface area contributed by atoms with Gasteiger partial charge in [-0.2, -0.15) is 8.42 Å². The lowest BCUT2D eigenvalue weighted by molar-refractivity contribution is -0.121. The van der Waals surface area contributed by atoms with Gasteiger partial charge in [0.1, 0.15) is 16.4 Å². The van der Waals surface area contributed by atoms with Crippen LogP contribution in [0.25, 0.3) is 0 Å². The van der Waals surface area contributed by atoms with Gasteiger partial charge in [-0.1, -0.05) is 12.1 Å². The van der Waals surface area contributed by atoms with Crippen LogP contribution in [0.1, 0.15) is 24.1 Å². The fraction of sp³-hybridized carbons (Fsp3) is 0.300. The molecule has 0 spiro atoms. The quantitative estimate of drug-likeness (QED) is 0.772. The topological polar surface area (TPSA) is 97.3 Å². The number of amidine groups is 1. The van der Waals surface area contributed by atoms with Gasteiger partial charge in [0.25, 0.3) is 10.0 Å². The van der Waals surface area contributed by atoms with Gasteiger partial charge in [-0.15, -0.1) is 4.40 Å². The molecule has 29 heavy (non-hydrogen) atoms. The lowest BCUT2D eigenvalue weighted by atomic mass is 10.1. The Kier molecular flexibility index (Phi) is 5.78. The van der Waals surface area contributed by atoms with Crippen LogP contribution in [0.5, 0.6) is 11.5 Å². The number of rotatable bonds is 6. The number of nitrogens with one attached hydrogen (secondary N) is 1. The number of benzene rings is 2. The lowest BCUT2D eigenvalue weighted by Gasteiger charge is -2.22. The third-order valence-electron chi connectivity index (χ3n) is 4.64. The van der Waals surface area contributed by atoms with Crippen molar-refractivity contribution in [1.82, 2.24) is 10.2 Å². The number of amides is 1. The third kappa shape index (κ3) is 4.19. The van der Waals surface area contributed by atoms with Gasteiger partial charge in [-0.3, -0.25) is 4.79 Å². The number of likely N-dealkylation sites (N-methyl/N-ethyl adjacent to an activating group) is 1. The number of fused-ring (bicyclic) bond motifs is 1. The van der Waals surface area contributed by atoms with Crippen molar-refractivity contribution >= 4 is 21.8 Å². The van der Waals surface area contributed by atoms with Gasteiger partial charge in [0.2, 0.25) is 5.91 Å². The first-order valence-electron chi connectivity index (χ1n) is 8.93. The summed E-state index contributed by atoms with van der Waals surface area (Å²) < 4.78 is 38.8. The first-order valence-corrected chi connectivity index (χ1v) is 10.4. The number of carbonyl (C=O) groups is 1. The first-order chi connectivity index (χ1) is 13.8. The average molecular weight is 417 g/mol. The van der Waals surface area contributed by atoms with E-state index in [1.54, 1.807) is 51.6 Å². The molecular formula is C20H23N3O5S. The number of methoxy groups -OCH3 is 2. The molecule has 2 aromatic rings. The van der Waals surface area contributed by atoms with Crippen LogP contribution in [-0.2, 0) is 14.8 Å². The number of nitrogens with zero attached hydrogens (tertiary/aromatic N) is 2. The minimum atomic E-state index is -3.73. The summed E-state index contributed by atoms with van der Waals surface area (Å²) >= 11 is 0. The maximum absolute atomic E-state index is 12.6. The van der Waals surface area contributed by atoms with Crippen LogP contribution in [0.2, 0.25) is 0 Å². The molecule has 3 rings (SSSR count). The summed E-state index contributed by atoms with van der Waals surface area (Å²) in [6, 6.07) is 11.6. The molecule has 154 valence electrons. The summed E-state index contributed by atoms with van der Waals surface area (Å²) in [5, 5.41) is 2.90. The maximum Gasteiger partial charge on any atom is 0.285 e. The Morgan fingerprint density at radius 3 is 2.59 bits per heavy atom. The largest absolute Gasteiger partial charge is 0.497 e. The molecule has 0 bridgehead atoms. The summed E-state index contributed by atoms with van der Waals surface area (Å²) in [5.41, 5.74) is 1.29. The van der Waals surface area contributed by atoms with Crippen molar-refractivity contribution in [2.75, 3.05) is 27.8 Å². The Bertz CT molecular complexity index is 1070. The monoisotopic (exact) mass is 417 g/mol. The Morgan fingerprint density at radius 1 is 1.17 bits per heavy atom. The molecule has 0 saturated carbocycles. The summed E-state index contributed by atoms with van der Waals surface area (Å²) in [4.78, 5) is 14.2. The van der Waals surface area contributed by atoms with E-state index in [0.29, 0.717) is 17.1 Å². The molecule has 1 aliphatic heterocycles. The summed E-state index contributed by atoms with van der Waals surface area (Å²) in [6.45, 7) is 1.79. The maximum atomic E-state index is 12.6. The highest BCUT2D eigenvalue weighted by Gasteiger charge is 2.31. The molecule has 1 amide bonds. The molecule has 1 atom stereocenters. The average Bonchev–Trinajstić information content (AvgIpc) is 2.98. The highest BCUT2D eigenvalue weighted by molar-refractivity contribution is 7.90. The SMILES string of the molecule is COc1ccc(C(C)NC(=O)CN(C)C2=NS(=O)(=O)c3ccccc32)c(OC)c1. The van der Waals surface area contributed by atoms with Crippen LogP contribution in [0, 0.1) is 0 Å². The summed E-state index contributed by atoms with van der Waals surface area (Å²) in [5.74, 6) is 1.24. The van der Waals surface area contributed by atoms with Crippen molar-refractivity contribution in [3.8, 4) is 11.5 Å². The van der Waals surface area contributed by atoms with E-state index in [1.807, 2.05) is 13.0 Å². The van der Waals surface area contributed by atoms with Gasteiger partial charge in [0.05, 0.1) is 26.8 Å². The van der Waals surface area contributed by atoms with Crippen LogP contribution in [0.3, 0.4) is 0 Å². The van der Waals surface area contributed by atoms with Crippen LogP contribution < -0.4 is 14.8 Å². The van der Waals surface area contributed by atoms with Crippen molar-refractivity contribution in [3.05, 3.63) is 53.6 Å². The third-order valence-corrected chi connectivity index (χ3v) is 5.96. The number of hydrogen-bond acceptors (Lipinski definition) is 6. The van der Waals surface area contributed by atoms with Gasteiger partial charge < -0.3 is 19.7 Å². The van der Waals surface area contributed by atoms with Crippen molar-refractivity contribution in [3.63, 3.8) is 0 Å². The van der Waals surface area contributed by atoms with E-state index in [2.05, 4.69) is 9.71 Å². The van der Waals surface area contributed by atoms with E-state index in [0.717, 1.165) is 5.56 Å². The second-order valence-corrected chi connectivity index (χ2v) is 8.21. The van der Waals surface area contributed by atoms with E-state index >= 15 is 0 Å². The van der Waals surface area contributed by atoms with Crippen LogP contribution in [-0.4, -0.2) is 52.9 Å². The van der Waals surface area contributed by atoms with Gasteiger partial charge in [0.15, 0.2) is 5.84 Å². The van der Waals surface area contributed by atoms with Gasteiger partial charge in [-0.25, -0.2) is 0 Å². The second-order valence-electron chi connectivity index (χ2n) is 6.64. The molecule has 0 aromatic heterocycles. The van der Waals surface area contributed by atoms with Crippen LogP contribution in [0.4, 0.5) is 0 Å².